The molecular formula is C18H20O3Se. The molecule has 22 heavy (non-hydrogen) atoms. The van der Waals surface area contributed by atoms with E-state index >= 15 is 0 Å². The fraction of sp³-hybridized carbons (Fsp3) is 0.278. The van der Waals surface area contributed by atoms with Gasteiger partial charge in [0, 0.05) is 0 Å². The molecule has 0 saturated carbocycles. The number of methoxy groups -OCH3 is 1. The van der Waals surface area contributed by atoms with Crippen LogP contribution in [0.25, 0.3) is 0 Å². The van der Waals surface area contributed by atoms with E-state index in [9.17, 15) is 4.79 Å². The van der Waals surface area contributed by atoms with Gasteiger partial charge in [-0.1, -0.05) is 0 Å². The molecule has 2 aromatic carbocycles. The summed E-state index contributed by atoms with van der Waals surface area (Å²) in [6.45, 7) is 4.49. The summed E-state index contributed by atoms with van der Waals surface area (Å²) in [5.74, 6) is 0.533. The first-order valence-corrected chi connectivity index (χ1v) is 9.25. The van der Waals surface area contributed by atoms with Gasteiger partial charge in [0.1, 0.15) is 0 Å². The summed E-state index contributed by atoms with van der Waals surface area (Å²) in [6.07, 6.45) is 0. The normalized spacial score (nSPS) is 10.3. The molecule has 0 unspecified atom stereocenters. The van der Waals surface area contributed by atoms with Crippen molar-refractivity contribution in [3.8, 4) is 5.75 Å². The molecule has 0 radical (unpaired) electrons. The summed E-state index contributed by atoms with van der Waals surface area (Å²) < 4.78 is 11.8. The Hall–Kier alpha value is -1.77. The monoisotopic (exact) mass is 364 g/mol. The molecule has 3 nitrogen and oxygen atoms in total. The van der Waals surface area contributed by atoms with Crippen LogP contribution in [0.1, 0.15) is 28.4 Å². The Balaban J connectivity index is 2.31. The maximum atomic E-state index is 12.1. The standard InChI is InChI=1S/C18H20O3Se/c1-4-21-15-10-13(2)17(18(19)20-3)14(11-15)12-22-16-8-6-5-7-9-16/h5-11H,4,12H2,1-3H3. The number of carbonyl (C=O) groups excluding carboxylic acids is 1. The number of hydrogen-bond donors (Lipinski definition) is 0. The molecule has 0 saturated heterocycles. The minimum atomic E-state index is -0.278. The van der Waals surface area contributed by atoms with Crippen molar-refractivity contribution < 1.29 is 14.3 Å². The number of esters is 1. The van der Waals surface area contributed by atoms with E-state index in [2.05, 4.69) is 12.1 Å². The average molecular weight is 363 g/mol. The van der Waals surface area contributed by atoms with Crippen molar-refractivity contribution in [2.75, 3.05) is 13.7 Å². The zero-order chi connectivity index (χ0) is 15.9. The van der Waals surface area contributed by atoms with Crippen LogP contribution in [0.2, 0.25) is 0 Å². The van der Waals surface area contributed by atoms with Crippen LogP contribution < -0.4 is 9.20 Å². The van der Waals surface area contributed by atoms with E-state index in [1.807, 2.05) is 44.2 Å². The van der Waals surface area contributed by atoms with Crippen LogP contribution in [0.15, 0.2) is 42.5 Å². The predicted octanol–water partition coefficient (Wildman–Crippen LogP) is 2.71. The molecule has 2 aromatic rings. The quantitative estimate of drug-likeness (QED) is 0.585. The molecule has 0 fully saturated rings. The molecule has 0 amide bonds. The topological polar surface area (TPSA) is 35.5 Å². The van der Waals surface area contributed by atoms with Gasteiger partial charge < -0.3 is 0 Å². The van der Waals surface area contributed by atoms with E-state index < -0.39 is 0 Å². The first-order chi connectivity index (χ1) is 10.7. The second-order valence-electron chi connectivity index (χ2n) is 4.80. The van der Waals surface area contributed by atoms with Crippen molar-refractivity contribution in [3.63, 3.8) is 0 Å². The average Bonchev–Trinajstić information content (AvgIpc) is 2.53. The van der Waals surface area contributed by atoms with Gasteiger partial charge in [0.2, 0.25) is 0 Å². The van der Waals surface area contributed by atoms with Crippen LogP contribution in [-0.4, -0.2) is 34.6 Å². The number of carbonyl (C=O) groups is 1. The maximum absolute atomic E-state index is 12.1. The van der Waals surface area contributed by atoms with Gasteiger partial charge in [-0.3, -0.25) is 0 Å². The molecule has 0 heterocycles. The van der Waals surface area contributed by atoms with Crippen LogP contribution in [0, 0.1) is 6.92 Å². The number of hydrogen-bond acceptors (Lipinski definition) is 3. The van der Waals surface area contributed by atoms with Crippen LogP contribution in [-0.2, 0) is 10.1 Å². The summed E-state index contributed by atoms with van der Waals surface area (Å²) in [4.78, 5) is 12.1. The molecule has 0 aliphatic rings. The third kappa shape index (κ3) is 4.12. The van der Waals surface area contributed by atoms with Gasteiger partial charge in [-0.05, 0) is 0 Å². The summed E-state index contributed by atoms with van der Waals surface area (Å²) in [7, 11) is 1.42. The molecule has 0 aliphatic heterocycles. The van der Waals surface area contributed by atoms with Crippen molar-refractivity contribution in [1.29, 1.82) is 0 Å². The summed E-state index contributed by atoms with van der Waals surface area (Å²) >= 11 is 0.265. The molecule has 0 atom stereocenters. The summed E-state index contributed by atoms with van der Waals surface area (Å²) in [5.41, 5.74) is 2.57. The van der Waals surface area contributed by atoms with Gasteiger partial charge in [-0.15, -0.1) is 0 Å². The predicted molar refractivity (Wildman–Crippen MR) is 89.2 cm³/mol. The van der Waals surface area contributed by atoms with Gasteiger partial charge in [0.05, 0.1) is 0 Å². The third-order valence-electron chi connectivity index (χ3n) is 3.23. The van der Waals surface area contributed by atoms with Crippen molar-refractivity contribution in [1.82, 2.24) is 0 Å². The van der Waals surface area contributed by atoms with E-state index in [1.165, 1.54) is 11.6 Å². The van der Waals surface area contributed by atoms with Crippen LogP contribution in [0.3, 0.4) is 0 Å². The van der Waals surface area contributed by atoms with Crippen molar-refractivity contribution in [2.45, 2.75) is 19.2 Å². The molecule has 116 valence electrons. The SMILES string of the molecule is CCOc1cc(C)c(C(=O)OC)c(C[Se]c2ccccc2)c1. The number of aryl methyl sites for hydroxylation is 1. The zero-order valence-corrected chi connectivity index (χ0v) is 14.8. The Kier molecular flexibility index (Phi) is 6.05. The van der Waals surface area contributed by atoms with Crippen LogP contribution in [0.5, 0.6) is 5.75 Å². The van der Waals surface area contributed by atoms with E-state index in [4.69, 9.17) is 9.47 Å². The molecule has 0 N–H and O–H groups in total. The molecule has 0 spiro atoms. The zero-order valence-electron chi connectivity index (χ0n) is 13.1. The molecular weight excluding hydrogens is 343 g/mol. The second-order valence-corrected chi connectivity index (χ2v) is 7.00. The Morgan fingerprint density at radius 2 is 1.91 bits per heavy atom. The van der Waals surface area contributed by atoms with E-state index in [1.54, 1.807) is 0 Å². The summed E-state index contributed by atoms with van der Waals surface area (Å²) in [6, 6.07) is 14.2. The molecule has 2 rings (SSSR count). The second kappa shape index (κ2) is 8.02. The van der Waals surface area contributed by atoms with Gasteiger partial charge in [-0.2, -0.15) is 0 Å². The van der Waals surface area contributed by atoms with Gasteiger partial charge in [0.15, 0.2) is 0 Å². The fourth-order valence-electron chi connectivity index (χ4n) is 2.26. The van der Waals surface area contributed by atoms with Crippen LogP contribution in [0.4, 0.5) is 0 Å². The Labute approximate surface area is 137 Å². The Bertz CT molecular complexity index is 638. The van der Waals surface area contributed by atoms with E-state index in [0.29, 0.717) is 12.2 Å². The first-order valence-electron chi connectivity index (χ1n) is 7.18. The van der Waals surface area contributed by atoms with Crippen molar-refractivity contribution >= 4 is 25.4 Å². The van der Waals surface area contributed by atoms with Crippen molar-refractivity contribution in [2.24, 2.45) is 0 Å². The Morgan fingerprint density at radius 3 is 2.55 bits per heavy atom. The fourth-order valence-corrected chi connectivity index (χ4v) is 4.15. The van der Waals surface area contributed by atoms with E-state index in [0.717, 1.165) is 22.2 Å². The van der Waals surface area contributed by atoms with Gasteiger partial charge >= 0.3 is 137 Å². The van der Waals surface area contributed by atoms with Gasteiger partial charge in [-0.25, -0.2) is 0 Å². The van der Waals surface area contributed by atoms with Crippen molar-refractivity contribution in [3.05, 3.63) is 59.2 Å². The number of ether oxygens (including phenoxy) is 2. The molecule has 0 aliphatic carbocycles. The van der Waals surface area contributed by atoms with Crippen LogP contribution >= 0.6 is 0 Å². The summed E-state index contributed by atoms with van der Waals surface area (Å²) in [5, 5.41) is 0.837. The molecule has 0 bridgehead atoms. The number of benzene rings is 2. The minimum absolute atomic E-state index is 0.265. The Morgan fingerprint density at radius 1 is 1.18 bits per heavy atom. The molecule has 0 aromatic heterocycles. The third-order valence-corrected chi connectivity index (χ3v) is 5.45. The first kappa shape index (κ1) is 16.6. The molecule has 4 heteroatoms. The van der Waals surface area contributed by atoms with E-state index in [-0.39, 0.29) is 20.9 Å². The number of rotatable bonds is 6. The van der Waals surface area contributed by atoms with Gasteiger partial charge in [0.25, 0.3) is 0 Å².